The Balaban J connectivity index is 2.02. The predicted octanol–water partition coefficient (Wildman–Crippen LogP) is 0.486. The van der Waals surface area contributed by atoms with E-state index in [1.165, 1.54) is 0 Å². The molecule has 0 amide bonds. The lowest BCUT2D eigenvalue weighted by Gasteiger charge is -2.32. The van der Waals surface area contributed by atoms with Crippen molar-refractivity contribution < 1.29 is 9.31 Å². The fraction of sp³-hybridized carbons (Fsp3) is 0.667. The van der Waals surface area contributed by atoms with Crippen LogP contribution in [0.1, 0.15) is 19.7 Å². The molecular weight excluding hydrogens is 179 g/mol. The number of hydrogen-bond acceptors (Lipinski definition) is 3. The normalized spacial score (nSPS) is 21.2. The van der Waals surface area contributed by atoms with Crippen molar-refractivity contribution in [3.8, 4) is 0 Å². The third-order valence-electron chi connectivity index (χ3n) is 2.23. The van der Waals surface area contributed by atoms with Gasteiger partial charge in [0.1, 0.15) is 5.82 Å². The summed E-state index contributed by atoms with van der Waals surface area (Å²) in [4.78, 5) is 7.22. The maximum atomic E-state index is 5.60. The topological polar surface area (TPSA) is 47.1 Å². The van der Waals surface area contributed by atoms with Gasteiger partial charge in [-0.15, -0.1) is 0 Å². The molecule has 0 bridgehead atoms. The molecule has 0 saturated carbocycles. The van der Waals surface area contributed by atoms with Crippen LogP contribution < -0.4 is 5.59 Å². The van der Waals surface area contributed by atoms with Gasteiger partial charge in [0.2, 0.25) is 0 Å². The molecular formula is C9H15BN2O2. The third kappa shape index (κ3) is 1.99. The van der Waals surface area contributed by atoms with Crippen molar-refractivity contribution in [3.63, 3.8) is 0 Å². The van der Waals surface area contributed by atoms with E-state index in [4.69, 9.17) is 9.31 Å². The van der Waals surface area contributed by atoms with Gasteiger partial charge in [-0.25, -0.2) is 4.98 Å². The minimum Gasteiger partial charge on any atom is -0.406 e. The molecule has 1 aliphatic rings. The van der Waals surface area contributed by atoms with Gasteiger partial charge < -0.3 is 14.3 Å². The summed E-state index contributed by atoms with van der Waals surface area (Å²) in [5.41, 5.74) is 1.02. The van der Waals surface area contributed by atoms with Crippen LogP contribution in [0.5, 0.6) is 0 Å². The van der Waals surface area contributed by atoms with Crippen LogP contribution in [0.4, 0.5) is 0 Å². The third-order valence-corrected chi connectivity index (χ3v) is 2.23. The van der Waals surface area contributed by atoms with Gasteiger partial charge >= 0.3 is 7.12 Å². The molecule has 1 saturated heterocycles. The summed E-state index contributed by atoms with van der Waals surface area (Å²) in [6.07, 6.45) is 1.76. The van der Waals surface area contributed by atoms with Gasteiger partial charge in [-0.2, -0.15) is 0 Å². The van der Waals surface area contributed by atoms with E-state index in [9.17, 15) is 0 Å². The predicted molar refractivity (Wildman–Crippen MR) is 54.4 cm³/mol. The van der Waals surface area contributed by atoms with E-state index >= 15 is 0 Å². The number of hydrogen-bond donors (Lipinski definition) is 1. The van der Waals surface area contributed by atoms with Gasteiger partial charge in [-0.1, -0.05) is 13.8 Å². The average molecular weight is 194 g/mol. The second-order valence-corrected chi connectivity index (χ2v) is 4.54. The summed E-state index contributed by atoms with van der Waals surface area (Å²) in [5.74, 6) is 0.886. The van der Waals surface area contributed by atoms with Crippen molar-refractivity contribution in [3.05, 3.63) is 12.0 Å². The number of aromatic amines is 1. The van der Waals surface area contributed by atoms with Crippen molar-refractivity contribution in [2.45, 2.75) is 20.8 Å². The number of rotatable bonds is 1. The largest absolute Gasteiger partial charge is 0.512 e. The molecule has 0 radical (unpaired) electrons. The van der Waals surface area contributed by atoms with Crippen LogP contribution in [-0.2, 0) is 9.31 Å². The number of nitrogens with one attached hydrogen (secondary N) is 1. The number of nitrogens with zero attached hydrogens (tertiary/aromatic N) is 1. The first-order chi connectivity index (χ1) is 6.57. The summed E-state index contributed by atoms with van der Waals surface area (Å²) in [7, 11) is -0.274. The summed E-state index contributed by atoms with van der Waals surface area (Å²) in [6.45, 7) is 7.60. The van der Waals surface area contributed by atoms with Crippen LogP contribution in [0.15, 0.2) is 6.20 Å². The first kappa shape index (κ1) is 9.74. The van der Waals surface area contributed by atoms with E-state index in [0.717, 1.165) is 24.6 Å². The van der Waals surface area contributed by atoms with Crippen LogP contribution in [-0.4, -0.2) is 30.3 Å². The first-order valence-corrected chi connectivity index (χ1v) is 4.82. The number of aromatic nitrogens is 2. The smallest absolute Gasteiger partial charge is 0.406 e. The lowest BCUT2D eigenvalue weighted by atomic mass is 9.81. The van der Waals surface area contributed by atoms with Crippen molar-refractivity contribution >= 4 is 12.7 Å². The van der Waals surface area contributed by atoms with Crippen molar-refractivity contribution in [2.75, 3.05) is 13.2 Å². The van der Waals surface area contributed by atoms with Gasteiger partial charge in [-0.3, -0.25) is 0 Å². The average Bonchev–Trinajstić information content (AvgIpc) is 2.52. The maximum absolute atomic E-state index is 5.60. The Hall–Kier alpha value is -0.805. The van der Waals surface area contributed by atoms with Crippen molar-refractivity contribution in [1.82, 2.24) is 9.97 Å². The Kier molecular flexibility index (Phi) is 2.37. The van der Waals surface area contributed by atoms with Gasteiger partial charge in [0.25, 0.3) is 0 Å². The standard InChI is InChI=1S/C9H15BN2O2/c1-7-11-4-8(12-7)10-13-5-9(2,3)6-14-10/h4H,5-6H2,1-3H3,(H,11,12). The second kappa shape index (κ2) is 3.40. The van der Waals surface area contributed by atoms with E-state index in [0.29, 0.717) is 0 Å². The van der Waals surface area contributed by atoms with Crippen LogP contribution in [0, 0.1) is 12.3 Å². The SMILES string of the molecule is Cc1ncc(B2OCC(C)(C)CO2)[nH]1. The van der Waals surface area contributed by atoms with Gasteiger partial charge in [0, 0.05) is 24.8 Å². The molecule has 1 aromatic heterocycles. The minimum atomic E-state index is -0.274. The zero-order chi connectivity index (χ0) is 10.2. The summed E-state index contributed by atoms with van der Waals surface area (Å²) >= 11 is 0. The van der Waals surface area contributed by atoms with E-state index < -0.39 is 0 Å². The minimum absolute atomic E-state index is 0.117. The highest BCUT2D eigenvalue weighted by Gasteiger charge is 2.34. The molecule has 2 heterocycles. The monoisotopic (exact) mass is 194 g/mol. The van der Waals surface area contributed by atoms with Crippen LogP contribution in [0.25, 0.3) is 0 Å². The fourth-order valence-corrected chi connectivity index (χ4v) is 1.43. The van der Waals surface area contributed by atoms with E-state index in [2.05, 4.69) is 23.8 Å². The molecule has 0 spiro atoms. The highest BCUT2D eigenvalue weighted by molar-refractivity contribution is 6.60. The molecule has 5 heteroatoms. The number of H-pyrrole nitrogens is 1. The lowest BCUT2D eigenvalue weighted by Crippen LogP contribution is -2.47. The van der Waals surface area contributed by atoms with Gasteiger partial charge in [-0.05, 0) is 6.92 Å². The molecule has 0 unspecified atom stereocenters. The molecule has 76 valence electrons. The second-order valence-electron chi connectivity index (χ2n) is 4.54. The Morgan fingerprint density at radius 2 is 2.07 bits per heavy atom. The zero-order valence-corrected chi connectivity index (χ0v) is 8.83. The summed E-state index contributed by atoms with van der Waals surface area (Å²) in [6, 6.07) is 0. The van der Waals surface area contributed by atoms with Crippen LogP contribution >= 0.6 is 0 Å². The molecule has 0 aliphatic carbocycles. The zero-order valence-electron chi connectivity index (χ0n) is 8.83. The Morgan fingerprint density at radius 1 is 1.43 bits per heavy atom. The van der Waals surface area contributed by atoms with Crippen molar-refractivity contribution in [1.29, 1.82) is 0 Å². The van der Waals surface area contributed by atoms with E-state index in [1.807, 2.05) is 6.92 Å². The van der Waals surface area contributed by atoms with Crippen LogP contribution in [0.3, 0.4) is 0 Å². The Labute approximate surface area is 84.2 Å². The quantitative estimate of drug-likeness (QED) is 0.661. The lowest BCUT2D eigenvalue weighted by molar-refractivity contribution is 0.0340. The van der Waals surface area contributed by atoms with Gasteiger partial charge in [0.15, 0.2) is 0 Å². The maximum Gasteiger partial charge on any atom is 0.512 e. The highest BCUT2D eigenvalue weighted by Crippen LogP contribution is 2.20. The Morgan fingerprint density at radius 3 is 2.57 bits per heavy atom. The molecule has 2 rings (SSSR count). The molecule has 1 aliphatic heterocycles. The summed E-state index contributed by atoms with van der Waals surface area (Å²) in [5, 5.41) is 0. The molecule has 1 aromatic rings. The molecule has 0 aromatic carbocycles. The molecule has 1 fully saturated rings. The van der Waals surface area contributed by atoms with E-state index in [1.54, 1.807) is 6.20 Å². The fourth-order valence-electron chi connectivity index (χ4n) is 1.43. The number of imidazole rings is 1. The molecule has 14 heavy (non-hydrogen) atoms. The van der Waals surface area contributed by atoms with Gasteiger partial charge in [0.05, 0.1) is 5.59 Å². The molecule has 1 N–H and O–H groups in total. The molecule has 0 atom stereocenters. The van der Waals surface area contributed by atoms with Crippen molar-refractivity contribution in [2.24, 2.45) is 5.41 Å². The van der Waals surface area contributed by atoms with E-state index in [-0.39, 0.29) is 12.5 Å². The summed E-state index contributed by atoms with van der Waals surface area (Å²) < 4.78 is 11.2. The molecule has 4 nitrogen and oxygen atoms in total. The highest BCUT2D eigenvalue weighted by atomic mass is 16.6. The first-order valence-electron chi connectivity index (χ1n) is 4.82. The number of aryl methyl sites for hydroxylation is 1. The Bertz CT molecular complexity index is 314. The van der Waals surface area contributed by atoms with Crippen LogP contribution in [0.2, 0.25) is 0 Å².